The highest BCUT2D eigenvalue weighted by Gasteiger charge is 2.25. The Hall–Kier alpha value is -1.73. The summed E-state index contributed by atoms with van der Waals surface area (Å²) in [6, 6.07) is 6.18. The van der Waals surface area contributed by atoms with Crippen molar-refractivity contribution in [2.24, 2.45) is 0 Å². The number of hydrogen-bond acceptors (Lipinski definition) is 4. The summed E-state index contributed by atoms with van der Waals surface area (Å²) < 4.78 is 28.4. The lowest BCUT2D eigenvalue weighted by molar-refractivity contribution is -0.117. The number of nitrogens with one attached hydrogen (secondary N) is 1. The van der Waals surface area contributed by atoms with Gasteiger partial charge in [-0.05, 0) is 56.5 Å². The number of halogens is 2. The van der Waals surface area contributed by atoms with Gasteiger partial charge < -0.3 is 15.2 Å². The zero-order valence-corrected chi connectivity index (χ0v) is 12.9. The van der Waals surface area contributed by atoms with Gasteiger partial charge in [-0.2, -0.15) is 8.78 Å². The fraction of sp³-hybridized carbons (Fsp3) is 0.562. The Morgan fingerprint density at radius 3 is 2.78 bits per heavy atom. The molecular formula is C16H22F2N2O3. The molecule has 0 radical (unpaired) electrons. The molecule has 0 spiro atoms. The first-order valence-electron chi connectivity index (χ1n) is 7.78. The molecule has 1 aromatic carbocycles. The number of carbonyl (C=O) groups is 1. The van der Waals surface area contributed by atoms with Gasteiger partial charge in [0.05, 0.1) is 6.54 Å². The number of carbonyl (C=O) groups excluding carboxylic acids is 1. The number of aliphatic hydroxyl groups is 1. The molecule has 1 amide bonds. The Morgan fingerprint density at radius 2 is 2.13 bits per heavy atom. The third-order valence-electron chi connectivity index (χ3n) is 3.90. The van der Waals surface area contributed by atoms with Gasteiger partial charge in [0.15, 0.2) is 0 Å². The second-order valence-electron chi connectivity index (χ2n) is 5.58. The minimum Gasteiger partial charge on any atom is -0.435 e. The lowest BCUT2D eigenvalue weighted by Crippen LogP contribution is -2.36. The molecule has 2 rings (SSSR count). The molecule has 0 aliphatic carbocycles. The van der Waals surface area contributed by atoms with E-state index in [0.29, 0.717) is 18.3 Å². The molecule has 128 valence electrons. The van der Waals surface area contributed by atoms with Gasteiger partial charge in [-0.3, -0.25) is 9.69 Å². The van der Waals surface area contributed by atoms with Gasteiger partial charge in [-0.15, -0.1) is 0 Å². The summed E-state index contributed by atoms with van der Waals surface area (Å²) in [4.78, 5) is 14.2. The van der Waals surface area contributed by atoms with E-state index in [2.05, 4.69) is 15.0 Å². The number of likely N-dealkylation sites (tertiary alicyclic amines) is 1. The van der Waals surface area contributed by atoms with E-state index in [9.17, 15) is 13.6 Å². The molecule has 23 heavy (non-hydrogen) atoms. The van der Waals surface area contributed by atoms with Gasteiger partial charge >= 0.3 is 6.61 Å². The van der Waals surface area contributed by atoms with Crippen molar-refractivity contribution in [2.75, 3.05) is 25.0 Å². The molecule has 1 aliphatic rings. The molecule has 0 bridgehead atoms. The van der Waals surface area contributed by atoms with Gasteiger partial charge in [0.1, 0.15) is 5.75 Å². The summed E-state index contributed by atoms with van der Waals surface area (Å²) >= 11 is 0. The highest BCUT2D eigenvalue weighted by molar-refractivity contribution is 5.92. The topological polar surface area (TPSA) is 61.8 Å². The second kappa shape index (κ2) is 8.79. The van der Waals surface area contributed by atoms with Gasteiger partial charge in [-0.1, -0.05) is 0 Å². The number of ether oxygens (including phenoxy) is 1. The maximum absolute atomic E-state index is 12.1. The van der Waals surface area contributed by atoms with Crippen molar-refractivity contribution in [3.05, 3.63) is 24.3 Å². The van der Waals surface area contributed by atoms with Crippen LogP contribution in [-0.4, -0.2) is 48.3 Å². The van der Waals surface area contributed by atoms with Crippen LogP contribution in [0.3, 0.4) is 0 Å². The summed E-state index contributed by atoms with van der Waals surface area (Å²) in [5.74, 6) is -0.0787. The maximum atomic E-state index is 12.1. The highest BCUT2D eigenvalue weighted by atomic mass is 19.3. The largest absolute Gasteiger partial charge is 0.435 e. The van der Waals surface area contributed by atoms with Crippen LogP contribution in [0.2, 0.25) is 0 Å². The zero-order valence-electron chi connectivity index (χ0n) is 12.9. The van der Waals surface area contributed by atoms with Crippen LogP contribution in [0.4, 0.5) is 14.5 Å². The molecule has 1 heterocycles. The summed E-state index contributed by atoms with van der Waals surface area (Å²) in [5.41, 5.74) is 0.544. The van der Waals surface area contributed by atoms with Crippen LogP contribution in [0.5, 0.6) is 5.75 Å². The Balaban J connectivity index is 1.82. The Labute approximate surface area is 134 Å². The molecule has 1 saturated heterocycles. The van der Waals surface area contributed by atoms with E-state index in [1.54, 1.807) is 0 Å². The fourth-order valence-electron chi connectivity index (χ4n) is 2.86. The number of nitrogens with zero attached hydrogens (tertiary/aromatic N) is 1. The van der Waals surface area contributed by atoms with Crippen molar-refractivity contribution in [2.45, 2.75) is 38.3 Å². The molecule has 1 atom stereocenters. The standard InChI is InChI=1S/C16H22F2N2O3/c17-16(18)23-14-7-5-12(6-8-14)19-15(22)11-20-9-1-3-13(20)4-2-10-21/h5-8,13,16,21H,1-4,9-11H2,(H,19,22). The maximum Gasteiger partial charge on any atom is 0.387 e. The first-order valence-corrected chi connectivity index (χ1v) is 7.78. The fourth-order valence-corrected chi connectivity index (χ4v) is 2.86. The summed E-state index contributed by atoms with van der Waals surface area (Å²) in [6.07, 6.45) is 3.74. The first-order chi connectivity index (χ1) is 11.1. The van der Waals surface area contributed by atoms with Gasteiger partial charge in [0.2, 0.25) is 5.91 Å². The van der Waals surface area contributed by atoms with Crippen molar-refractivity contribution < 1.29 is 23.4 Å². The molecule has 1 aromatic rings. The number of aliphatic hydroxyl groups excluding tert-OH is 1. The van der Waals surface area contributed by atoms with E-state index in [1.807, 2.05) is 0 Å². The van der Waals surface area contributed by atoms with Crippen LogP contribution in [0.1, 0.15) is 25.7 Å². The van der Waals surface area contributed by atoms with E-state index < -0.39 is 6.61 Å². The summed E-state index contributed by atoms with van der Waals surface area (Å²) in [5, 5.41) is 11.7. The molecule has 1 unspecified atom stereocenters. The lowest BCUT2D eigenvalue weighted by Gasteiger charge is -2.23. The van der Waals surface area contributed by atoms with Crippen LogP contribution >= 0.6 is 0 Å². The average molecular weight is 328 g/mol. The van der Waals surface area contributed by atoms with E-state index in [4.69, 9.17) is 5.11 Å². The molecular weight excluding hydrogens is 306 g/mol. The minimum atomic E-state index is -2.86. The van der Waals surface area contributed by atoms with E-state index in [1.165, 1.54) is 24.3 Å². The lowest BCUT2D eigenvalue weighted by atomic mass is 10.1. The number of alkyl halides is 2. The van der Waals surface area contributed by atoms with Gasteiger partial charge in [-0.25, -0.2) is 0 Å². The predicted molar refractivity (Wildman–Crippen MR) is 82.6 cm³/mol. The van der Waals surface area contributed by atoms with Crippen molar-refractivity contribution >= 4 is 11.6 Å². The number of rotatable bonds is 8. The average Bonchev–Trinajstić information content (AvgIpc) is 2.93. The van der Waals surface area contributed by atoms with Crippen LogP contribution < -0.4 is 10.1 Å². The second-order valence-corrected chi connectivity index (χ2v) is 5.58. The van der Waals surface area contributed by atoms with Crippen LogP contribution in [0.15, 0.2) is 24.3 Å². The van der Waals surface area contributed by atoms with Crippen LogP contribution in [0.25, 0.3) is 0 Å². The monoisotopic (exact) mass is 328 g/mol. The zero-order chi connectivity index (χ0) is 16.7. The van der Waals surface area contributed by atoms with E-state index in [0.717, 1.165) is 32.2 Å². The Kier molecular flexibility index (Phi) is 6.73. The van der Waals surface area contributed by atoms with E-state index in [-0.39, 0.29) is 18.3 Å². The van der Waals surface area contributed by atoms with Crippen molar-refractivity contribution in [3.8, 4) is 5.75 Å². The third kappa shape index (κ3) is 5.76. The first kappa shape index (κ1) is 17.6. The van der Waals surface area contributed by atoms with Gasteiger partial charge in [0, 0.05) is 18.3 Å². The molecule has 5 nitrogen and oxygen atoms in total. The number of anilines is 1. The van der Waals surface area contributed by atoms with Crippen molar-refractivity contribution in [1.29, 1.82) is 0 Å². The molecule has 0 aromatic heterocycles. The van der Waals surface area contributed by atoms with Crippen molar-refractivity contribution in [1.82, 2.24) is 4.90 Å². The Morgan fingerprint density at radius 1 is 1.39 bits per heavy atom. The number of benzene rings is 1. The van der Waals surface area contributed by atoms with E-state index >= 15 is 0 Å². The Bertz CT molecular complexity index is 497. The van der Waals surface area contributed by atoms with Crippen LogP contribution in [-0.2, 0) is 4.79 Å². The smallest absolute Gasteiger partial charge is 0.387 e. The summed E-state index contributed by atoms with van der Waals surface area (Å²) in [7, 11) is 0. The third-order valence-corrected chi connectivity index (χ3v) is 3.90. The number of hydrogen-bond donors (Lipinski definition) is 2. The van der Waals surface area contributed by atoms with Crippen LogP contribution in [0, 0.1) is 0 Å². The molecule has 2 N–H and O–H groups in total. The normalized spacial score (nSPS) is 18.3. The van der Waals surface area contributed by atoms with Crippen molar-refractivity contribution in [3.63, 3.8) is 0 Å². The van der Waals surface area contributed by atoms with Gasteiger partial charge in [0.25, 0.3) is 0 Å². The SMILES string of the molecule is O=C(CN1CCCC1CCCO)Nc1ccc(OC(F)F)cc1. The quantitative estimate of drug-likeness (QED) is 0.769. The molecule has 0 saturated carbocycles. The molecule has 1 fully saturated rings. The predicted octanol–water partition coefficient (Wildman–Crippen LogP) is 2.46. The molecule has 7 heteroatoms. The number of amides is 1. The minimum absolute atomic E-state index is 0.0570. The highest BCUT2D eigenvalue weighted by Crippen LogP contribution is 2.21. The molecule has 1 aliphatic heterocycles. The summed E-state index contributed by atoms with van der Waals surface area (Å²) in [6.45, 7) is -1.51.